The van der Waals surface area contributed by atoms with Crippen molar-refractivity contribution in [3.63, 3.8) is 0 Å². The van der Waals surface area contributed by atoms with Crippen LogP contribution in [0.2, 0.25) is 5.02 Å². The van der Waals surface area contributed by atoms with Crippen molar-refractivity contribution in [2.75, 3.05) is 29.5 Å². The topological polar surface area (TPSA) is 20.3 Å². The third-order valence-electron chi connectivity index (χ3n) is 2.68. The second-order valence-corrected chi connectivity index (χ2v) is 5.44. The Balaban J connectivity index is 2.29. The van der Waals surface area contributed by atoms with Gasteiger partial charge in [-0.15, -0.1) is 0 Å². The lowest BCUT2D eigenvalue weighted by atomic mass is 10.1. The summed E-state index contributed by atoms with van der Waals surface area (Å²) in [5, 5.41) is 0.692. The molecule has 1 saturated heterocycles. The number of anilines is 1. The molecule has 4 heteroatoms. The lowest BCUT2D eigenvalue weighted by Crippen LogP contribution is -2.26. The van der Waals surface area contributed by atoms with Gasteiger partial charge in [0, 0.05) is 35.1 Å². The van der Waals surface area contributed by atoms with Crippen LogP contribution in [0.3, 0.4) is 0 Å². The van der Waals surface area contributed by atoms with Gasteiger partial charge in [0.15, 0.2) is 6.29 Å². The summed E-state index contributed by atoms with van der Waals surface area (Å²) in [6, 6.07) is 5.45. The SMILES string of the molecule is O=Cc1ccc(Cl)cc1N1CCCSCC1. The number of hydrogen-bond donors (Lipinski definition) is 0. The lowest BCUT2D eigenvalue weighted by molar-refractivity contribution is 0.112. The van der Waals surface area contributed by atoms with E-state index >= 15 is 0 Å². The van der Waals surface area contributed by atoms with Gasteiger partial charge in [0.2, 0.25) is 0 Å². The monoisotopic (exact) mass is 255 g/mol. The molecule has 0 N–H and O–H groups in total. The van der Waals surface area contributed by atoms with Gasteiger partial charge >= 0.3 is 0 Å². The van der Waals surface area contributed by atoms with Gasteiger partial charge in [-0.1, -0.05) is 11.6 Å². The van der Waals surface area contributed by atoms with Crippen LogP contribution in [-0.4, -0.2) is 30.9 Å². The van der Waals surface area contributed by atoms with E-state index in [-0.39, 0.29) is 0 Å². The molecule has 1 heterocycles. The molecule has 0 atom stereocenters. The van der Waals surface area contributed by atoms with Crippen LogP contribution in [0.1, 0.15) is 16.8 Å². The van der Waals surface area contributed by atoms with Crippen molar-refractivity contribution in [1.29, 1.82) is 0 Å². The van der Waals surface area contributed by atoms with Gasteiger partial charge in [-0.2, -0.15) is 11.8 Å². The highest BCUT2D eigenvalue weighted by Crippen LogP contribution is 2.25. The first kappa shape index (κ1) is 11.8. The fraction of sp³-hybridized carbons (Fsp3) is 0.417. The molecule has 16 heavy (non-hydrogen) atoms. The molecule has 1 aromatic carbocycles. The van der Waals surface area contributed by atoms with Gasteiger partial charge in [-0.25, -0.2) is 0 Å². The molecule has 0 saturated carbocycles. The average molecular weight is 256 g/mol. The molecule has 0 aliphatic carbocycles. The zero-order valence-electron chi connectivity index (χ0n) is 8.99. The van der Waals surface area contributed by atoms with E-state index in [1.165, 1.54) is 5.75 Å². The fourth-order valence-corrected chi connectivity index (χ4v) is 2.93. The van der Waals surface area contributed by atoms with Crippen molar-refractivity contribution < 1.29 is 4.79 Å². The molecule has 2 rings (SSSR count). The first-order chi connectivity index (χ1) is 7.81. The van der Waals surface area contributed by atoms with Crippen molar-refractivity contribution in [2.45, 2.75) is 6.42 Å². The number of nitrogens with zero attached hydrogens (tertiary/aromatic N) is 1. The van der Waals surface area contributed by atoms with Gasteiger partial charge in [-0.3, -0.25) is 4.79 Å². The largest absolute Gasteiger partial charge is 0.370 e. The van der Waals surface area contributed by atoms with Gasteiger partial charge in [-0.05, 0) is 30.4 Å². The summed E-state index contributed by atoms with van der Waals surface area (Å²) in [4.78, 5) is 13.3. The summed E-state index contributed by atoms with van der Waals surface area (Å²) >= 11 is 7.95. The first-order valence-electron chi connectivity index (χ1n) is 5.38. The van der Waals surface area contributed by atoms with Crippen LogP contribution < -0.4 is 4.90 Å². The number of carbonyl (C=O) groups is 1. The number of benzene rings is 1. The number of halogens is 1. The van der Waals surface area contributed by atoms with E-state index in [4.69, 9.17) is 11.6 Å². The number of thioether (sulfide) groups is 1. The minimum absolute atomic E-state index is 0.692. The van der Waals surface area contributed by atoms with Crippen molar-refractivity contribution >= 4 is 35.3 Å². The van der Waals surface area contributed by atoms with Crippen LogP contribution in [0.5, 0.6) is 0 Å². The third kappa shape index (κ3) is 2.71. The standard InChI is InChI=1S/C12H14ClNOS/c13-11-3-2-10(9-15)12(8-11)14-4-1-6-16-7-5-14/h2-3,8-9H,1,4-7H2. The maximum Gasteiger partial charge on any atom is 0.152 e. The smallest absolute Gasteiger partial charge is 0.152 e. The minimum Gasteiger partial charge on any atom is -0.370 e. The van der Waals surface area contributed by atoms with Crippen molar-refractivity contribution in [1.82, 2.24) is 0 Å². The van der Waals surface area contributed by atoms with Gasteiger partial charge in [0.25, 0.3) is 0 Å². The Morgan fingerprint density at radius 1 is 1.31 bits per heavy atom. The average Bonchev–Trinajstić information content (AvgIpc) is 2.57. The third-order valence-corrected chi connectivity index (χ3v) is 3.97. The Bertz CT molecular complexity index is 375. The fourth-order valence-electron chi connectivity index (χ4n) is 1.88. The molecular weight excluding hydrogens is 242 g/mol. The molecule has 0 amide bonds. The number of aldehydes is 1. The molecular formula is C12H14ClNOS. The van der Waals surface area contributed by atoms with E-state index < -0.39 is 0 Å². The number of carbonyl (C=O) groups excluding carboxylic acids is 1. The molecule has 1 fully saturated rings. The number of rotatable bonds is 2. The summed E-state index contributed by atoms with van der Waals surface area (Å²) in [5.41, 5.74) is 1.71. The Morgan fingerprint density at radius 3 is 3.00 bits per heavy atom. The predicted molar refractivity (Wildman–Crippen MR) is 71.0 cm³/mol. The van der Waals surface area contributed by atoms with Gasteiger partial charge in [0.1, 0.15) is 0 Å². The van der Waals surface area contributed by atoms with Gasteiger partial charge in [0.05, 0.1) is 0 Å². The van der Waals surface area contributed by atoms with Crippen LogP contribution in [0.4, 0.5) is 5.69 Å². The van der Waals surface area contributed by atoms with E-state index in [9.17, 15) is 4.79 Å². The van der Waals surface area contributed by atoms with E-state index in [0.29, 0.717) is 5.02 Å². The van der Waals surface area contributed by atoms with E-state index in [2.05, 4.69) is 4.90 Å². The van der Waals surface area contributed by atoms with Crippen LogP contribution in [0, 0.1) is 0 Å². The highest BCUT2D eigenvalue weighted by Gasteiger charge is 2.13. The summed E-state index contributed by atoms with van der Waals surface area (Å²) in [6.07, 6.45) is 2.07. The predicted octanol–water partition coefficient (Wildman–Crippen LogP) is 3.10. The molecule has 2 nitrogen and oxygen atoms in total. The van der Waals surface area contributed by atoms with Crippen LogP contribution in [0.25, 0.3) is 0 Å². The second kappa shape index (κ2) is 5.60. The second-order valence-electron chi connectivity index (χ2n) is 3.77. The van der Waals surface area contributed by atoms with E-state index in [0.717, 1.165) is 42.8 Å². The normalized spacial score (nSPS) is 16.9. The maximum atomic E-state index is 11.0. The number of hydrogen-bond acceptors (Lipinski definition) is 3. The zero-order valence-corrected chi connectivity index (χ0v) is 10.6. The molecule has 0 unspecified atom stereocenters. The van der Waals surface area contributed by atoms with Crippen molar-refractivity contribution in [3.05, 3.63) is 28.8 Å². The summed E-state index contributed by atoms with van der Waals surface area (Å²) in [5.74, 6) is 2.32. The van der Waals surface area contributed by atoms with Gasteiger partial charge < -0.3 is 4.90 Å². The molecule has 86 valence electrons. The summed E-state index contributed by atoms with van der Waals surface area (Å²) < 4.78 is 0. The molecule has 1 aromatic rings. The highest BCUT2D eigenvalue weighted by molar-refractivity contribution is 7.99. The Kier molecular flexibility index (Phi) is 4.13. The van der Waals surface area contributed by atoms with Crippen molar-refractivity contribution in [3.8, 4) is 0 Å². The lowest BCUT2D eigenvalue weighted by Gasteiger charge is -2.23. The van der Waals surface area contributed by atoms with Crippen LogP contribution >= 0.6 is 23.4 Å². The van der Waals surface area contributed by atoms with Crippen molar-refractivity contribution in [2.24, 2.45) is 0 Å². The molecule has 0 radical (unpaired) electrons. The van der Waals surface area contributed by atoms with E-state index in [1.807, 2.05) is 17.8 Å². The first-order valence-corrected chi connectivity index (χ1v) is 6.92. The van der Waals surface area contributed by atoms with E-state index in [1.54, 1.807) is 12.1 Å². The Hall–Kier alpha value is -0.670. The van der Waals surface area contributed by atoms with Crippen LogP contribution in [0.15, 0.2) is 18.2 Å². The minimum atomic E-state index is 0.692. The molecule has 1 aliphatic heterocycles. The Labute approximate surface area is 105 Å². The maximum absolute atomic E-state index is 11.0. The zero-order chi connectivity index (χ0) is 11.4. The molecule has 0 spiro atoms. The molecule has 0 aromatic heterocycles. The summed E-state index contributed by atoms with van der Waals surface area (Å²) in [7, 11) is 0. The highest BCUT2D eigenvalue weighted by atomic mass is 35.5. The molecule has 0 bridgehead atoms. The Morgan fingerprint density at radius 2 is 2.19 bits per heavy atom. The van der Waals surface area contributed by atoms with Crippen LogP contribution in [-0.2, 0) is 0 Å². The summed E-state index contributed by atoms with van der Waals surface area (Å²) in [6.45, 7) is 2.00. The molecule has 1 aliphatic rings. The quantitative estimate of drug-likeness (QED) is 0.758.